The zero-order valence-corrected chi connectivity index (χ0v) is 18.5. The summed E-state index contributed by atoms with van der Waals surface area (Å²) in [7, 11) is 0.190. The first kappa shape index (κ1) is 22.4. The molecule has 1 amide bonds. The van der Waals surface area contributed by atoms with Crippen molar-refractivity contribution >= 4 is 27.5 Å². The highest BCUT2D eigenvalue weighted by molar-refractivity contribution is 7.90. The van der Waals surface area contributed by atoms with E-state index in [-0.39, 0.29) is 16.2 Å². The molecule has 0 radical (unpaired) electrons. The molecule has 2 aromatic carbocycles. The number of rotatable bonds is 7. The number of amides is 1. The smallest absolute Gasteiger partial charge is 0.268 e. The average Bonchev–Trinajstić information content (AvgIpc) is 2.77. The molecule has 0 bridgehead atoms. The Morgan fingerprint density at radius 1 is 0.935 bits per heavy atom. The third-order valence-electron chi connectivity index (χ3n) is 4.37. The summed E-state index contributed by atoms with van der Waals surface area (Å²) >= 11 is 5.88. The van der Waals surface area contributed by atoms with E-state index < -0.39 is 15.9 Å². The molecular weight excluding hydrogens is 444 g/mol. The van der Waals surface area contributed by atoms with Gasteiger partial charge in [0.05, 0.1) is 38.2 Å². The zero-order valence-electron chi connectivity index (χ0n) is 16.9. The van der Waals surface area contributed by atoms with E-state index in [1.165, 1.54) is 51.7 Å². The highest BCUT2D eigenvalue weighted by Crippen LogP contribution is 2.37. The quantitative estimate of drug-likeness (QED) is 0.572. The Hall–Kier alpha value is -3.30. The first-order valence-electron chi connectivity index (χ1n) is 8.89. The van der Waals surface area contributed by atoms with Crippen LogP contribution in [0, 0.1) is 0 Å². The first-order chi connectivity index (χ1) is 14.8. The molecule has 1 N–H and O–H groups in total. The molecule has 0 aliphatic rings. The maximum atomic E-state index is 12.7. The van der Waals surface area contributed by atoms with Crippen LogP contribution in [0.25, 0.3) is 11.3 Å². The molecule has 31 heavy (non-hydrogen) atoms. The van der Waals surface area contributed by atoms with Gasteiger partial charge in [-0.2, -0.15) is 0 Å². The summed E-state index contributed by atoms with van der Waals surface area (Å²) in [5.74, 6) is 0.331. The third-order valence-corrected chi connectivity index (χ3v) is 5.92. The fraction of sp³-hybridized carbons (Fsp3) is 0.143. The van der Waals surface area contributed by atoms with Gasteiger partial charge in [-0.1, -0.05) is 17.7 Å². The van der Waals surface area contributed by atoms with Crippen molar-refractivity contribution in [3.05, 3.63) is 65.3 Å². The lowest BCUT2D eigenvalue weighted by Crippen LogP contribution is -2.31. The van der Waals surface area contributed by atoms with Crippen molar-refractivity contribution in [2.24, 2.45) is 0 Å². The number of hydrogen-bond acceptors (Lipinski definition) is 7. The topological polar surface area (TPSA) is 104 Å². The maximum Gasteiger partial charge on any atom is 0.268 e. The van der Waals surface area contributed by atoms with Crippen LogP contribution in [0.15, 0.2) is 59.6 Å². The molecule has 0 spiro atoms. The van der Waals surface area contributed by atoms with Gasteiger partial charge in [0.25, 0.3) is 15.9 Å². The van der Waals surface area contributed by atoms with Gasteiger partial charge in [0.15, 0.2) is 0 Å². The molecule has 0 unspecified atom stereocenters. The predicted molar refractivity (Wildman–Crippen MR) is 115 cm³/mol. The SMILES string of the molecule is COc1cc(Cl)ccc1C(=O)NS(=O)(=O)c1ccc(-c2c(OC)cccc2OC)nc1. The number of halogens is 1. The number of hydrogen-bond donors (Lipinski definition) is 1. The fourth-order valence-electron chi connectivity index (χ4n) is 2.88. The summed E-state index contributed by atoms with van der Waals surface area (Å²) in [6.45, 7) is 0. The third kappa shape index (κ3) is 4.73. The Labute approximate surface area is 184 Å². The van der Waals surface area contributed by atoms with Crippen LogP contribution in [0.2, 0.25) is 5.02 Å². The van der Waals surface area contributed by atoms with Gasteiger partial charge in [-0.25, -0.2) is 13.1 Å². The number of carbonyl (C=O) groups is 1. The second-order valence-corrected chi connectivity index (χ2v) is 8.31. The fourth-order valence-corrected chi connectivity index (χ4v) is 3.95. The monoisotopic (exact) mass is 462 g/mol. The molecule has 1 aromatic heterocycles. The van der Waals surface area contributed by atoms with Gasteiger partial charge in [0.1, 0.15) is 22.1 Å². The summed E-state index contributed by atoms with van der Waals surface area (Å²) in [4.78, 5) is 16.5. The molecule has 3 rings (SSSR count). The summed E-state index contributed by atoms with van der Waals surface area (Å²) in [5, 5.41) is 0.350. The number of benzene rings is 2. The van der Waals surface area contributed by atoms with Crippen LogP contribution in [0.3, 0.4) is 0 Å². The van der Waals surface area contributed by atoms with Gasteiger partial charge in [-0.15, -0.1) is 0 Å². The van der Waals surface area contributed by atoms with Crippen LogP contribution in [0.4, 0.5) is 0 Å². The Balaban J connectivity index is 1.90. The molecule has 0 aliphatic carbocycles. The average molecular weight is 463 g/mol. The molecule has 0 fully saturated rings. The Morgan fingerprint density at radius 3 is 2.13 bits per heavy atom. The van der Waals surface area contributed by atoms with Crippen LogP contribution < -0.4 is 18.9 Å². The summed E-state index contributed by atoms with van der Waals surface area (Å²) < 4.78 is 43.2. The second-order valence-electron chi connectivity index (χ2n) is 6.20. The molecule has 1 heterocycles. The van der Waals surface area contributed by atoms with E-state index in [1.807, 2.05) is 4.72 Å². The minimum absolute atomic E-state index is 0.0267. The van der Waals surface area contributed by atoms with Crippen LogP contribution >= 0.6 is 11.6 Å². The van der Waals surface area contributed by atoms with Gasteiger partial charge in [0, 0.05) is 11.2 Å². The standard InChI is InChI=1S/C21H19ClN2O6S/c1-28-17-5-4-6-18(29-2)20(17)16-10-8-14(12-23-16)31(26,27)24-21(25)15-9-7-13(22)11-19(15)30-3/h4-12H,1-3H3,(H,24,25). The number of aromatic nitrogens is 1. The van der Waals surface area contributed by atoms with Gasteiger partial charge < -0.3 is 14.2 Å². The minimum Gasteiger partial charge on any atom is -0.496 e. The van der Waals surface area contributed by atoms with E-state index in [9.17, 15) is 13.2 Å². The lowest BCUT2D eigenvalue weighted by Gasteiger charge is -2.13. The summed E-state index contributed by atoms with van der Waals surface area (Å²) in [6, 6.07) is 12.3. The molecule has 3 aromatic rings. The normalized spacial score (nSPS) is 11.0. The van der Waals surface area contributed by atoms with Crippen molar-refractivity contribution < 1.29 is 27.4 Å². The first-order valence-corrected chi connectivity index (χ1v) is 10.7. The lowest BCUT2D eigenvalue weighted by molar-refractivity contribution is 0.0978. The van der Waals surface area contributed by atoms with Gasteiger partial charge in [-0.05, 0) is 42.5 Å². The van der Waals surface area contributed by atoms with E-state index >= 15 is 0 Å². The largest absolute Gasteiger partial charge is 0.496 e. The zero-order chi connectivity index (χ0) is 22.6. The Kier molecular flexibility index (Phi) is 6.67. The van der Waals surface area contributed by atoms with Crippen molar-refractivity contribution in [1.82, 2.24) is 9.71 Å². The van der Waals surface area contributed by atoms with Crippen molar-refractivity contribution in [2.45, 2.75) is 4.90 Å². The molecule has 0 aliphatic heterocycles. The molecule has 162 valence electrons. The number of methoxy groups -OCH3 is 3. The number of nitrogens with zero attached hydrogens (tertiary/aromatic N) is 1. The van der Waals surface area contributed by atoms with E-state index in [0.29, 0.717) is 27.8 Å². The Bertz CT molecular complexity index is 1190. The second kappa shape index (κ2) is 9.23. The predicted octanol–water partition coefficient (Wildman–Crippen LogP) is 3.55. The molecule has 0 saturated carbocycles. The molecule has 10 heteroatoms. The van der Waals surface area contributed by atoms with Crippen molar-refractivity contribution in [3.8, 4) is 28.5 Å². The van der Waals surface area contributed by atoms with Crippen LogP contribution in [-0.2, 0) is 10.0 Å². The highest BCUT2D eigenvalue weighted by Gasteiger charge is 2.22. The Morgan fingerprint density at radius 2 is 1.58 bits per heavy atom. The highest BCUT2D eigenvalue weighted by atomic mass is 35.5. The number of nitrogens with one attached hydrogen (secondary N) is 1. The van der Waals surface area contributed by atoms with Gasteiger partial charge in [-0.3, -0.25) is 9.78 Å². The minimum atomic E-state index is -4.19. The maximum absolute atomic E-state index is 12.7. The number of ether oxygens (including phenoxy) is 3. The van der Waals surface area contributed by atoms with Crippen LogP contribution in [0.1, 0.15) is 10.4 Å². The van der Waals surface area contributed by atoms with Crippen molar-refractivity contribution in [3.63, 3.8) is 0 Å². The van der Waals surface area contributed by atoms with E-state index in [0.717, 1.165) is 6.20 Å². The number of pyridine rings is 1. The van der Waals surface area contributed by atoms with Crippen molar-refractivity contribution in [2.75, 3.05) is 21.3 Å². The van der Waals surface area contributed by atoms with Gasteiger partial charge in [0.2, 0.25) is 0 Å². The molecular formula is C21H19ClN2O6S. The lowest BCUT2D eigenvalue weighted by atomic mass is 10.1. The summed E-state index contributed by atoms with van der Waals surface area (Å²) in [5.41, 5.74) is 1.05. The number of sulfonamides is 1. The van der Waals surface area contributed by atoms with Crippen molar-refractivity contribution in [1.29, 1.82) is 0 Å². The van der Waals surface area contributed by atoms with Gasteiger partial charge >= 0.3 is 0 Å². The van der Waals surface area contributed by atoms with Crippen LogP contribution in [0.5, 0.6) is 17.2 Å². The van der Waals surface area contributed by atoms with E-state index in [2.05, 4.69) is 4.98 Å². The van der Waals surface area contributed by atoms with E-state index in [4.69, 9.17) is 25.8 Å². The number of carbonyl (C=O) groups excluding carboxylic acids is 1. The van der Waals surface area contributed by atoms with Crippen LogP contribution in [-0.4, -0.2) is 40.6 Å². The summed E-state index contributed by atoms with van der Waals surface area (Å²) in [6.07, 6.45) is 1.15. The molecule has 8 nitrogen and oxygen atoms in total. The molecule has 0 atom stereocenters. The van der Waals surface area contributed by atoms with E-state index in [1.54, 1.807) is 18.2 Å². The molecule has 0 saturated heterocycles.